The molecule has 7 heavy (non-hydrogen) atoms. The fourth-order valence-corrected chi connectivity index (χ4v) is 0.191. The van der Waals surface area contributed by atoms with E-state index >= 15 is 0 Å². The average Bonchev–Trinajstić information content (AvgIpc) is 2.06. The first kappa shape index (κ1) is 8.07. The first-order valence-corrected chi connectivity index (χ1v) is 1.65. The van der Waals surface area contributed by atoms with Crippen LogP contribution in [0.1, 0.15) is 0 Å². The molecule has 0 spiro atoms. The molecule has 36 valence electrons. The summed E-state index contributed by atoms with van der Waals surface area (Å²) in [4.78, 5) is 9.64. The third kappa shape index (κ3) is 2.79. The number of epoxide rings is 1. The topological polar surface area (TPSA) is 49.8 Å². The molecule has 1 aliphatic heterocycles. The fourth-order valence-electron chi connectivity index (χ4n) is 0.191. The van der Waals surface area contributed by atoms with Gasteiger partial charge in [0.1, 0.15) is 0 Å². The molecule has 0 bridgehead atoms. The van der Waals surface area contributed by atoms with Crippen LogP contribution >= 0.6 is 0 Å². The van der Waals surface area contributed by atoms with E-state index in [9.17, 15) is 4.79 Å². The van der Waals surface area contributed by atoms with Crippen LogP contribution in [0, 0.1) is 0 Å². The maximum absolute atomic E-state index is 9.64. The van der Waals surface area contributed by atoms with Crippen LogP contribution in [-0.2, 0) is 9.53 Å². The van der Waals surface area contributed by atoms with Gasteiger partial charge in [-0.3, -0.25) is 0 Å². The Morgan fingerprint density at radius 1 is 1.86 bits per heavy atom. The van der Waals surface area contributed by atoms with Crippen LogP contribution in [-0.4, -0.2) is 75.2 Å². The van der Waals surface area contributed by atoms with Crippen molar-refractivity contribution in [3.63, 3.8) is 0 Å². The van der Waals surface area contributed by atoms with Crippen LogP contribution in [0.2, 0.25) is 0 Å². The minimum absolute atomic E-state index is 0. The van der Waals surface area contributed by atoms with Crippen molar-refractivity contribution in [3.05, 3.63) is 0 Å². The van der Waals surface area contributed by atoms with E-state index in [1.54, 1.807) is 0 Å². The molecule has 0 aromatic heterocycles. The van der Waals surface area contributed by atoms with Gasteiger partial charge in [0.25, 0.3) is 0 Å². The second-order valence-electron chi connectivity index (χ2n) is 1.16. The molecule has 1 heterocycles. The van der Waals surface area contributed by atoms with Crippen molar-refractivity contribution in [1.29, 1.82) is 0 Å². The molecule has 0 aromatic carbocycles. The molecule has 1 rings (SSSR count). The number of hydrogen-bond donors (Lipinski definition) is 1. The van der Waals surface area contributed by atoms with Crippen LogP contribution in [0.3, 0.4) is 0 Å². The van der Waals surface area contributed by atoms with Gasteiger partial charge in [0.2, 0.25) is 0 Å². The summed E-state index contributed by atoms with van der Waals surface area (Å²) in [7, 11) is 0. The van der Waals surface area contributed by atoms with E-state index in [1.165, 1.54) is 0 Å². The summed E-state index contributed by atoms with van der Waals surface area (Å²) in [5, 5.41) is 7.93. The molecule has 0 aliphatic carbocycles. The van der Waals surface area contributed by atoms with Crippen molar-refractivity contribution >= 4 is 57.4 Å². The number of carboxylic acids is 1. The fraction of sp³-hybridized carbons (Fsp3) is 0.667. The number of rotatable bonds is 1. The molecule has 4 heteroatoms. The molecular formula is C3H5KO3. The van der Waals surface area contributed by atoms with Gasteiger partial charge in [-0.2, -0.15) is 0 Å². The predicted octanol–water partition coefficient (Wildman–Crippen LogP) is -1.18. The van der Waals surface area contributed by atoms with Gasteiger partial charge in [-0.05, 0) is 0 Å². The van der Waals surface area contributed by atoms with Crippen molar-refractivity contribution in [2.45, 2.75) is 6.10 Å². The van der Waals surface area contributed by atoms with Gasteiger partial charge in [-0.25, -0.2) is 4.79 Å². The van der Waals surface area contributed by atoms with Gasteiger partial charge in [-0.15, -0.1) is 0 Å². The van der Waals surface area contributed by atoms with Gasteiger partial charge >= 0.3 is 57.4 Å². The summed E-state index contributed by atoms with van der Waals surface area (Å²) in [5.74, 6) is -0.852. The SMILES string of the molecule is O=C(O)C1CO1.[KH]. The summed E-state index contributed by atoms with van der Waals surface area (Å²) >= 11 is 0. The number of hydrogen-bond acceptors (Lipinski definition) is 2. The number of aliphatic carboxylic acids is 1. The normalized spacial score (nSPS) is 25.4. The van der Waals surface area contributed by atoms with E-state index in [2.05, 4.69) is 4.74 Å². The molecule has 1 atom stereocenters. The Kier molecular flexibility index (Phi) is 3.65. The molecule has 1 unspecified atom stereocenters. The van der Waals surface area contributed by atoms with Crippen molar-refractivity contribution in [2.75, 3.05) is 6.61 Å². The monoisotopic (exact) mass is 128 g/mol. The molecule has 1 saturated heterocycles. The second-order valence-corrected chi connectivity index (χ2v) is 1.16. The first-order chi connectivity index (χ1) is 2.80. The summed E-state index contributed by atoms with van der Waals surface area (Å²) in [6.45, 7) is 0.398. The number of carboxylic acid groups (broad SMARTS) is 1. The Hall–Kier alpha value is 1.07. The third-order valence-corrected chi connectivity index (χ3v) is 0.609. The molecule has 1 N–H and O–H groups in total. The minimum atomic E-state index is -0.852. The van der Waals surface area contributed by atoms with E-state index in [0.29, 0.717) is 6.61 Å². The number of ether oxygens (including phenoxy) is 1. The van der Waals surface area contributed by atoms with E-state index in [0.717, 1.165) is 0 Å². The van der Waals surface area contributed by atoms with Crippen LogP contribution in [0.5, 0.6) is 0 Å². The van der Waals surface area contributed by atoms with Crippen LogP contribution in [0.15, 0.2) is 0 Å². The third-order valence-electron chi connectivity index (χ3n) is 0.609. The standard InChI is InChI=1S/C3H4O3.K.H/c4-3(5)2-1-6-2;;/h2H,1H2,(H,4,5);;. The molecule has 0 radical (unpaired) electrons. The van der Waals surface area contributed by atoms with E-state index in [4.69, 9.17) is 5.11 Å². The maximum atomic E-state index is 9.64. The Morgan fingerprint density at radius 3 is 2.29 bits per heavy atom. The predicted molar refractivity (Wildman–Crippen MR) is 24.5 cm³/mol. The van der Waals surface area contributed by atoms with Crippen molar-refractivity contribution < 1.29 is 14.6 Å². The molecule has 0 aromatic rings. The summed E-state index contributed by atoms with van der Waals surface area (Å²) in [6, 6.07) is 0. The quantitative estimate of drug-likeness (QED) is 0.357. The van der Waals surface area contributed by atoms with Crippen molar-refractivity contribution in [2.24, 2.45) is 0 Å². The van der Waals surface area contributed by atoms with Gasteiger partial charge < -0.3 is 9.84 Å². The van der Waals surface area contributed by atoms with Gasteiger partial charge in [-0.1, -0.05) is 0 Å². The average molecular weight is 128 g/mol. The molecular weight excluding hydrogens is 123 g/mol. The van der Waals surface area contributed by atoms with Crippen LogP contribution in [0.25, 0.3) is 0 Å². The van der Waals surface area contributed by atoms with Gasteiger partial charge in [0, 0.05) is 0 Å². The summed E-state index contributed by atoms with van der Waals surface area (Å²) in [6.07, 6.45) is -0.481. The van der Waals surface area contributed by atoms with Crippen molar-refractivity contribution in [3.8, 4) is 0 Å². The summed E-state index contributed by atoms with van der Waals surface area (Å²) in [5.41, 5.74) is 0. The van der Waals surface area contributed by atoms with E-state index < -0.39 is 12.1 Å². The van der Waals surface area contributed by atoms with Crippen molar-refractivity contribution in [1.82, 2.24) is 0 Å². The number of carbonyl (C=O) groups is 1. The zero-order valence-electron chi connectivity index (χ0n) is 3.05. The van der Waals surface area contributed by atoms with E-state index in [-0.39, 0.29) is 51.4 Å². The Labute approximate surface area is 83.5 Å². The van der Waals surface area contributed by atoms with Crippen LogP contribution in [0.4, 0.5) is 0 Å². The Bertz CT molecular complexity index is 78.2. The van der Waals surface area contributed by atoms with Crippen LogP contribution < -0.4 is 0 Å². The molecule has 1 aliphatic rings. The molecule has 3 nitrogen and oxygen atoms in total. The van der Waals surface area contributed by atoms with E-state index in [1.807, 2.05) is 0 Å². The second kappa shape index (κ2) is 3.16. The molecule has 0 saturated carbocycles. The zero-order chi connectivity index (χ0) is 4.57. The molecule has 0 amide bonds. The Balaban J connectivity index is 0.000000360. The zero-order valence-corrected chi connectivity index (χ0v) is 3.05. The van der Waals surface area contributed by atoms with Gasteiger partial charge in [0.15, 0.2) is 6.10 Å². The summed E-state index contributed by atoms with van der Waals surface area (Å²) < 4.78 is 4.37. The van der Waals surface area contributed by atoms with Gasteiger partial charge in [0.05, 0.1) is 6.61 Å². The molecule has 1 fully saturated rings. The first-order valence-electron chi connectivity index (χ1n) is 1.65. The Morgan fingerprint density at radius 2 is 2.29 bits per heavy atom.